The van der Waals surface area contributed by atoms with E-state index in [0.29, 0.717) is 64.3 Å². The summed E-state index contributed by atoms with van der Waals surface area (Å²) in [7, 11) is 1.31. The molecule has 6 unspecified atom stereocenters. The number of nitrogens with one attached hydrogen (secondary N) is 1. The van der Waals surface area contributed by atoms with Crippen LogP contribution in [0.4, 0.5) is 5.95 Å². The summed E-state index contributed by atoms with van der Waals surface area (Å²) in [5.41, 5.74) is 0.450. The zero-order valence-electron chi connectivity index (χ0n) is 37.2. The van der Waals surface area contributed by atoms with Crippen LogP contribution in [0.5, 0.6) is 17.2 Å². The molecule has 11 atom stereocenters. The van der Waals surface area contributed by atoms with Gasteiger partial charge in [0.15, 0.2) is 17.0 Å². The van der Waals surface area contributed by atoms with E-state index in [0.717, 1.165) is 12.0 Å². The molecule has 8 aliphatic rings. The Morgan fingerprint density at radius 2 is 1.76 bits per heavy atom. The van der Waals surface area contributed by atoms with E-state index >= 15 is 4.79 Å². The lowest BCUT2D eigenvalue weighted by Crippen LogP contribution is -2.74. The Labute approximate surface area is 366 Å². The molecule has 3 aliphatic carbocycles. The maximum Gasteiger partial charge on any atom is 0.333 e. The van der Waals surface area contributed by atoms with E-state index in [-0.39, 0.29) is 23.9 Å². The number of anilines is 1. The van der Waals surface area contributed by atoms with E-state index in [4.69, 9.17) is 33.5 Å². The van der Waals surface area contributed by atoms with Crippen molar-refractivity contribution >= 4 is 29.5 Å². The number of ketones is 1. The van der Waals surface area contributed by atoms with Crippen LogP contribution in [0.1, 0.15) is 104 Å². The predicted octanol–water partition coefficient (Wildman–Crippen LogP) is 4.66. The molecule has 16 nitrogen and oxygen atoms in total. The maximum atomic E-state index is 15.5. The van der Waals surface area contributed by atoms with Gasteiger partial charge in [-0.2, -0.15) is 0 Å². The van der Waals surface area contributed by atoms with Gasteiger partial charge in [-0.25, -0.2) is 14.5 Å². The largest absolute Gasteiger partial charge is 0.482 e. The normalized spacial score (nSPS) is 35.0. The zero-order chi connectivity index (χ0) is 45.1. The fourth-order valence-electron chi connectivity index (χ4n) is 11.1. The number of hydrogen-bond acceptors (Lipinski definition) is 15. The van der Waals surface area contributed by atoms with E-state index in [1.54, 1.807) is 24.0 Å². The molecule has 1 aromatic heterocycles. The van der Waals surface area contributed by atoms with Crippen molar-refractivity contribution in [3.05, 3.63) is 69.6 Å². The molecule has 2 saturated heterocycles. The minimum absolute atomic E-state index is 0.00598. The number of fused-ring (bicyclic) bond motifs is 5. The Morgan fingerprint density at radius 3 is 2.46 bits per heavy atom. The Kier molecular flexibility index (Phi) is 10.4. The number of hydrogen-bond donors (Lipinski definition) is 5. The molecular formula is C47H58N4O12. The second-order valence-electron chi connectivity index (χ2n) is 19.2. The highest BCUT2D eigenvalue weighted by atomic mass is 16.7. The third-order valence-corrected chi connectivity index (χ3v) is 14.1. The molecule has 63 heavy (non-hydrogen) atoms. The van der Waals surface area contributed by atoms with Crippen molar-refractivity contribution in [2.75, 3.05) is 19.0 Å². The van der Waals surface area contributed by atoms with Gasteiger partial charge in [0.05, 0.1) is 42.2 Å². The fourth-order valence-corrected chi connectivity index (χ4v) is 11.1. The molecule has 6 bridgehead atoms. The van der Waals surface area contributed by atoms with Gasteiger partial charge in [0.2, 0.25) is 12.2 Å². The molecular weight excluding hydrogens is 813 g/mol. The number of aliphatic hydroxyl groups is 4. The van der Waals surface area contributed by atoms with E-state index in [1.165, 1.54) is 12.7 Å². The highest BCUT2D eigenvalue weighted by molar-refractivity contribution is 6.02. The molecule has 1 spiro atoms. The lowest BCUT2D eigenvalue weighted by Gasteiger charge is -2.61. The number of nitrogens with zero attached hydrogens (tertiary/aromatic N) is 3. The van der Waals surface area contributed by atoms with Crippen molar-refractivity contribution in [1.82, 2.24) is 14.8 Å². The predicted molar refractivity (Wildman–Crippen MR) is 229 cm³/mol. The van der Waals surface area contributed by atoms with E-state index < -0.39 is 83.6 Å². The fraction of sp³-hybridized carbons (Fsp3) is 0.574. The van der Waals surface area contributed by atoms with Gasteiger partial charge >= 0.3 is 5.97 Å². The summed E-state index contributed by atoms with van der Waals surface area (Å²) in [6.45, 7) is 15.0. The molecule has 5 fully saturated rings. The van der Waals surface area contributed by atoms with Gasteiger partial charge in [-0.05, 0) is 93.2 Å². The number of ether oxygens (including phenoxy) is 6. The molecule has 10 rings (SSSR count). The van der Waals surface area contributed by atoms with Crippen LogP contribution in [-0.4, -0.2) is 114 Å². The van der Waals surface area contributed by atoms with Gasteiger partial charge in [0, 0.05) is 35.0 Å². The molecule has 16 heteroatoms. The quantitative estimate of drug-likeness (QED) is 0.118. The Hall–Kier alpha value is -4.84. The number of carbonyl (C=O) groups excluding carboxylic acids is 2. The molecule has 2 aromatic rings. The second-order valence-corrected chi connectivity index (χ2v) is 19.2. The van der Waals surface area contributed by atoms with Crippen molar-refractivity contribution < 1.29 is 58.4 Å². The van der Waals surface area contributed by atoms with Crippen LogP contribution >= 0.6 is 0 Å². The minimum atomic E-state index is -1.75. The molecule has 5 aliphatic heterocycles. The molecule has 0 amide bonds. The van der Waals surface area contributed by atoms with Crippen LogP contribution in [0, 0.1) is 11.8 Å². The molecule has 6 heterocycles. The van der Waals surface area contributed by atoms with Gasteiger partial charge in [0.1, 0.15) is 53.6 Å². The van der Waals surface area contributed by atoms with E-state index in [1.807, 2.05) is 60.6 Å². The number of aromatic nitrogens is 3. The first-order valence-electron chi connectivity index (χ1n) is 21.8. The van der Waals surface area contributed by atoms with Gasteiger partial charge in [-0.15, -0.1) is 5.10 Å². The summed E-state index contributed by atoms with van der Waals surface area (Å²) in [6.07, 6.45) is 5.59. The van der Waals surface area contributed by atoms with Gasteiger partial charge < -0.3 is 54.2 Å². The van der Waals surface area contributed by atoms with Crippen molar-refractivity contribution in [2.24, 2.45) is 11.8 Å². The zero-order valence-corrected chi connectivity index (χ0v) is 37.2. The molecule has 338 valence electrons. The molecule has 0 radical (unpaired) electrons. The standard InChI is InChI=1S/C47H58N4O12/c1-22(2)11-10-16-45(8)17-15-26-37(61-45)25(13-12-23(3)4)39-30(38(26)60-42-36(55)35(54)34(53)28(20-52)59-42)32-31-33(51-21-48-43(49-32)50-51)27-19-29-44(6,7)63-46(40(27)56,47(29,31)62-39)18-14-24(5)41(57)58-9/h11-12,14-15,17,21,27-29,33-36,42,52-55H,10,13,16,18-20H2,1-9H3,(H,49,50)/b24-14-/t27?,28-,29?,33?,34-,35+,36-,42+,45?,46?,47?/m0/s1. The Bertz CT molecular complexity index is 2420. The number of methoxy groups -OCH3 is 1. The molecule has 3 saturated carbocycles. The SMILES string of the molecule is COC(=O)/C(C)=C\CC12OC(C)(C)C3CC(C1=O)C1C4=C(Nc5ncn1n5)c1c(O[C@H]5O[C@@H](CO)[C@H](O)[C@@H](O)[C@@H]5O)c5c(c(CC=C(C)C)c1OC432)OC(C)(CCC=C(C)C)C=C5. The number of Topliss-reactive ketones (excluding diaryl/α,β-unsaturated/α-hetero) is 1. The number of allylic oxidation sites excluding steroid dienone is 4. The lowest BCUT2D eigenvalue weighted by atomic mass is 9.47. The van der Waals surface area contributed by atoms with Crippen LogP contribution in [0.3, 0.4) is 0 Å². The van der Waals surface area contributed by atoms with Crippen molar-refractivity contribution in [2.45, 2.75) is 147 Å². The van der Waals surface area contributed by atoms with Crippen molar-refractivity contribution in [3.8, 4) is 17.2 Å². The number of rotatable bonds is 11. The first-order valence-corrected chi connectivity index (χ1v) is 21.8. The first kappa shape index (κ1) is 43.4. The maximum absolute atomic E-state index is 15.5. The summed E-state index contributed by atoms with van der Waals surface area (Å²) in [4.78, 5) is 33.0. The molecule has 5 N–H and O–H groups in total. The average molecular weight is 871 g/mol. The Balaban J connectivity index is 1.36. The number of carbonyl (C=O) groups is 2. The van der Waals surface area contributed by atoms with Crippen LogP contribution < -0.4 is 19.5 Å². The lowest BCUT2D eigenvalue weighted by molar-refractivity contribution is -0.277. The van der Waals surface area contributed by atoms with Crippen LogP contribution in [0.15, 0.2) is 52.9 Å². The van der Waals surface area contributed by atoms with Crippen molar-refractivity contribution in [3.63, 3.8) is 0 Å². The Morgan fingerprint density at radius 1 is 1.02 bits per heavy atom. The average Bonchev–Trinajstić information content (AvgIpc) is 3.69. The van der Waals surface area contributed by atoms with Gasteiger partial charge in [-0.1, -0.05) is 29.4 Å². The minimum Gasteiger partial charge on any atom is -0.482 e. The summed E-state index contributed by atoms with van der Waals surface area (Å²) in [6, 6.07) is -0.674. The number of aliphatic hydroxyl groups excluding tert-OH is 4. The summed E-state index contributed by atoms with van der Waals surface area (Å²) >= 11 is 0. The summed E-state index contributed by atoms with van der Waals surface area (Å²) in [5, 5.41) is 51.7. The summed E-state index contributed by atoms with van der Waals surface area (Å²) < 4.78 is 41.7. The monoisotopic (exact) mass is 870 g/mol. The highest BCUT2D eigenvalue weighted by Gasteiger charge is 2.84. The topological polar surface area (TPSA) is 213 Å². The smallest absolute Gasteiger partial charge is 0.333 e. The van der Waals surface area contributed by atoms with Crippen LogP contribution in [0.25, 0.3) is 11.8 Å². The number of esters is 1. The van der Waals surface area contributed by atoms with Gasteiger partial charge in [-0.3, -0.25) is 4.79 Å². The third kappa shape index (κ3) is 6.38. The van der Waals surface area contributed by atoms with Crippen molar-refractivity contribution in [1.29, 1.82) is 0 Å². The number of benzene rings is 1. The second kappa shape index (κ2) is 15.1. The highest BCUT2D eigenvalue weighted by Crippen LogP contribution is 2.73. The summed E-state index contributed by atoms with van der Waals surface area (Å²) in [5.74, 6) is -0.569. The van der Waals surface area contributed by atoms with Crippen LogP contribution in [0.2, 0.25) is 0 Å². The van der Waals surface area contributed by atoms with E-state index in [2.05, 4.69) is 22.5 Å². The van der Waals surface area contributed by atoms with Crippen LogP contribution in [-0.2, 0) is 30.2 Å². The van der Waals surface area contributed by atoms with E-state index in [9.17, 15) is 25.2 Å². The molecule has 1 aromatic carbocycles. The first-order chi connectivity index (χ1) is 29.8. The van der Waals surface area contributed by atoms with Gasteiger partial charge in [0.25, 0.3) is 0 Å². The third-order valence-electron chi connectivity index (χ3n) is 14.1.